The summed E-state index contributed by atoms with van der Waals surface area (Å²) in [6.07, 6.45) is -2.91. The first kappa shape index (κ1) is 20.3. The number of hydrazine groups is 1. The second kappa shape index (κ2) is 8.78. The van der Waals surface area contributed by atoms with Crippen LogP contribution >= 0.6 is 0 Å². The van der Waals surface area contributed by atoms with Crippen LogP contribution < -0.4 is 20.9 Å². The number of ether oxygens (including phenoxy) is 1. The third kappa shape index (κ3) is 5.13. The molecule has 0 aliphatic rings. The van der Waals surface area contributed by atoms with Crippen LogP contribution in [0.15, 0.2) is 60.9 Å². The molecular formula is C20H18F3N7O. The lowest BCUT2D eigenvalue weighted by Gasteiger charge is -2.13. The molecule has 0 saturated heterocycles. The predicted molar refractivity (Wildman–Crippen MR) is 111 cm³/mol. The van der Waals surface area contributed by atoms with Crippen molar-refractivity contribution in [1.82, 2.24) is 19.9 Å². The predicted octanol–water partition coefficient (Wildman–Crippen LogP) is 4.30. The van der Waals surface area contributed by atoms with Crippen molar-refractivity contribution in [1.29, 1.82) is 0 Å². The highest BCUT2D eigenvalue weighted by Crippen LogP contribution is 2.30. The topological polar surface area (TPSA) is 99.8 Å². The fraction of sp³-hybridized carbons (Fsp3) is 0.150. The standard InChI is InChI=1S/C20H18F3N7O/c21-20(22,23)13-6-8-14(9-7-13)29-30-18-16-17(26-12-25-16)27-19(28-18)24-10-11-31-15-4-2-1-3-5-15/h1-9,12,29H,10-11H2,(H3,24,25,26,27,28,30). The molecule has 2 aromatic carbocycles. The van der Waals surface area contributed by atoms with Gasteiger partial charge in [0.1, 0.15) is 17.9 Å². The van der Waals surface area contributed by atoms with Crippen molar-refractivity contribution >= 4 is 28.6 Å². The highest BCUT2D eigenvalue weighted by Gasteiger charge is 2.29. The van der Waals surface area contributed by atoms with Gasteiger partial charge in [0, 0.05) is 0 Å². The van der Waals surface area contributed by atoms with Crippen molar-refractivity contribution in [3.63, 3.8) is 0 Å². The molecule has 0 bridgehead atoms. The minimum Gasteiger partial charge on any atom is -0.492 e. The van der Waals surface area contributed by atoms with E-state index in [4.69, 9.17) is 4.74 Å². The zero-order valence-electron chi connectivity index (χ0n) is 16.1. The Kier molecular flexibility index (Phi) is 5.74. The van der Waals surface area contributed by atoms with Gasteiger partial charge in [0.15, 0.2) is 11.5 Å². The number of nitrogens with zero attached hydrogens (tertiary/aromatic N) is 3. The number of anilines is 3. The molecule has 0 atom stereocenters. The van der Waals surface area contributed by atoms with E-state index in [-0.39, 0.29) is 0 Å². The van der Waals surface area contributed by atoms with Gasteiger partial charge in [-0.3, -0.25) is 10.9 Å². The molecule has 11 heteroatoms. The third-order valence-electron chi connectivity index (χ3n) is 4.22. The monoisotopic (exact) mass is 429 g/mol. The van der Waals surface area contributed by atoms with Gasteiger partial charge in [0.2, 0.25) is 5.95 Å². The molecular weight excluding hydrogens is 411 g/mol. The normalized spacial score (nSPS) is 11.3. The van der Waals surface area contributed by atoms with Gasteiger partial charge in [0.25, 0.3) is 0 Å². The van der Waals surface area contributed by atoms with Gasteiger partial charge in [-0.1, -0.05) is 18.2 Å². The van der Waals surface area contributed by atoms with E-state index in [9.17, 15) is 13.2 Å². The van der Waals surface area contributed by atoms with E-state index in [2.05, 4.69) is 36.1 Å². The van der Waals surface area contributed by atoms with Crippen LogP contribution in [0.3, 0.4) is 0 Å². The number of nitrogens with one attached hydrogen (secondary N) is 4. The zero-order chi connectivity index (χ0) is 21.7. The minimum absolute atomic E-state index is 0.327. The summed E-state index contributed by atoms with van der Waals surface area (Å²) < 4.78 is 43.7. The summed E-state index contributed by atoms with van der Waals surface area (Å²) >= 11 is 0. The Morgan fingerprint density at radius 3 is 2.45 bits per heavy atom. The number of hydrogen-bond acceptors (Lipinski definition) is 7. The second-order valence-corrected chi connectivity index (χ2v) is 6.41. The summed E-state index contributed by atoms with van der Waals surface area (Å²) in [5.74, 6) is 1.47. The van der Waals surface area contributed by atoms with Crippen molar-refractivity contribution in [3.05, 3.63) is 66.5 Å². The molecule has 160 valence electrons. The molecule has 2 heterocycles. The van der Waals surface area contributed by atoms with Gasteiger partial charge in [-0.25, -0.2) is 4.98 Å². The summed E-state index contributed by atoms with van der Waals surface area (Å²) in [6.45, 7) is 0.856. The van der Waals surface area contributed by atoms with Gasteiger partial charge in [-0.05, 0) is 36.4 Å². The number of alkyl halides is 3. The van der Waals surface area contributed by atoms with Crippen LogP contribution in [0, 0.1) is 0 Å². The average molecular weight is 429 g/mol. The maximum absolute atomic E-state index is 12.7. The lowest BCUT2D eigenvalue weighted by atomic mass is 10.2. The lowest BCUT2D eigenvalue weighted by molar-refractivity contribution is -0.137. The second-order valence-electron chi connectivity index (χ2n) is 6.41. The van der Waals surface area contributed by atoms with Crippen molar-refractivity contribution < 1.29 is 17.9 Å². The largest absolute Gasteiger partial charge is 0.492 e. The van der Waals surface area contributed by atoms with Crippen molar-refractivity contribution in [2.24, 2.45) is 0 Å². The smallest absolute Gasteiger partial charge is 0.416 e. The van der Waals surface area contributed by atoms with Crippen LogP contribution in [-0.4, -0.2) is 33.1 Å². The number of hydrogen-bond donors (Lipinski definition) is 4. The summed E-state index contributed by atoms with van der Waals surface area (Å²) in [7, 11) is 0. The summed E-state index contributed by atoms with van der Waals surface area (Å²) in [6, 6.07) is 14.0. The first-order valence-corrected chi connectivity index (χ1v) is 9.31. The molecule has 0 unspecified atom stereocenters. The van der Waals surface area contributed by atoms with Gasteiger partial charge in [-0.15, -0.1) is 0 Å². The number of benzene rings is 2. The Hall–Kier alpha value is -4.02. The highest BCUT2D eigenvalue weighted by atomic mass is 19.4. The van der Waals surface area contributed by atoms with E-state index < -0.39 is 11.7 Å². The molecule has 0 spiro atoms. The Labute approximate surface area is 174 Å². The zero-order valence-corrected chi connectivity index (χ0v) is 16.1. The molecule has 4 aromatic rings. The molecule has 0 saturated carbocycles. The van der Waals surface area contributed by atoms with Crippen molar-refractivity contribution in [3.8, 4) is 5.75 Å². The number of aromatic amines is 1. The first-order chi connectivity index (χ1) is 15.0. The van der Waals surface area contributed by atoms with Crippen molar-refractivity contribution in [2.45, 2.75) is 6.18 Å². The van der Waals surface area contributed by atoms with Crippen LogP contribution in [0.25, 0.3) is 11.2 Å². The molecule has 2 aromatic heterocycles. The number of rotatable bonds is 8. The fourth-order valence-electron chi connectivity index (χ4n) is 2.73. The molecule has 31 heavy (non-hydrogen) atoms. The Bertz CT molecular complexity index is 1130. The van der Waals surface area contributed by atoms with E-state index in [1.165, 1.54) is 18.5 Å². The number of halogens is 3. The summed E-state index contributed by atoms with van der Waals surface area (Å²) in [4.78, 5) is 15.8. The maximum atomic E-state index is 12.7. The maximum Gasteiger partial charge on any atom is 0.416 e. The van der Waals surface area contributed by atoms with Crippen molar-refractivity contribution in [2.75, 3.05) is 29.3 Å². The van der Waals surface area contributed by atoms with Gasteiger partial charge >= 0.3 is 6.18 Å². The average Bonchev–Trinajstić information content (AvgIpc) is 3.24. The van der Waals surface area contributed by atoms with E-state index >= 15 is 0 Å². The van der Waals surface area contributed by atoms with Crippen LogP contribution in [0.1, 0.15) is 5.56 Å². The lowest BCUT2D eigenvalue weighted by Crippen LogP contribution is -2.16. The number of fused-ring (bicyclic) bond motifs is 1. The molecule has 8 nitrogen and oxygen atoms in total. The summed E-state index contributed by atoms with van der Waals surface area (Å²) in [5, 5.41) is 3.07. The van der Waals surface area contributed by atoms with E-state index in [0.29, 0.717) is 41.8 Å². The molecule has 0 aliphatic heterocycles. The molecule has 0 fully saturated rings. The molecule has 0 radical (unpaired) electrons. The Balaban J connectivity index is 1.39. The van der Waals surface area contributed by atoms with Crippen LogP contribution in [0.4, 0.5) is 30.6 Å². The SMILES string of the molecule is FC(F)(F)c1ccc(NNc2nc(NCCOc3ccccc3)nc3nc[nH]c23)cc1. The number of para-hydroxylation sites is 1. The Morgan fingerprint density at radius 2 is 1.71 bits per heavy atom. The van der Waals surface area contributed by atoms with E-state index in [0.717, 1.165) is 17.9 Å². The molecule has 4 rings (SSSR count). The fourth-order valence-corrected chi connectivity index (χ4v) is 2.73. The van der Waals surface area contributed by atoms with Gasteiger partial charge in [-0.2, -0.15) is 23.1 Å². The first-order valence-electron chi connectivity index (χ1n) is 9.31. The van der Waals surface area contributed by atoms with Gasteiger partial charge < -0.3 is 15.0 Å². The van der Waals surface area contributed by atoms with E-state index in [1.807, 2.05) is 30.3 Å². The van der Waals surface area contributed by atoms with Gasteiger partial charge in [0.05, 0.1) is 24.1 Å². The number of imidazole rings is 1. The minimum atomic E-state index is -4.38. The highest BCUT2D eigenvalue weighted by molar-refractivity contribution is 5.84. The molecule has 4 N–H and O–H groups in total. The number of H-pyrrole nitrogens is 1. The molecule has 0 amide bonds. The summed E-state index contributed by atoms with van der Waals surface area (Å²) in [5.41, 5.74) is 6.40. The molecule has 0 aliphatic carbocycles. The van der Waals surface area contributed by atoms with Crippen LogP contribution in [0.2, 0.25) is 0 Å². The quantitative estimate of drug-likeness (QED) is 0.245. The van der Waals surface area contributed by atoms with Crippen LogP contribution in [-0.2, 0) is 6.18 Å². The number of aromatic nitrogens is 4. The Morgan fingerprint density at radius 1 is 0.935 bits per heavy atom. The van der Waals surface area contributed by atoms with E-state index in [1.54, 1.807) is 0 Å². The van der Waals surface area contributed by atoms with Crippen LogP contribution in [0.5, 0.6) is 5.75 Å². The third-order valence-corrected chi connectivity index (χ3v) is 4.22.